The molecule has 2 aromatic rings. The monoisotopic (exact) mass is 607 g/mol. The first kappa shape index (κ1) is 31.7. The van der Waals surface area contributed by atoms with Crippen LogP contribution in [0.4, 0.5) is 10.7 Å². The van der Waals surface area contributed by atoms with E-state index in [4.69, 9.17) is 23.4 Å². The number of ether oxygens (including phenoxy) is 1. The van der Waals surface area contributed by atoms with E-state index in [0.29, 0.717) is 23.0 Å². The van der Waals surface area contributed by atoms with Crippen molar-refractivity contribution in [2.24, 2.45) is 0 Å². The summed E-state index contributed by atoms with van der Waals surface area (Å²) in [5.41, 5.74) is 6.94. The van der Waals surface area contributed by atoms with Gasteiger partial charge in [0.2, 0.25) is 5.95 Å². The molecule has 1 amide bonds. The van der Waals surface area contributed by atoms with Crippen LogP contribution in [0.2, 0.25) is 22.2 Å². The van der Waals surface area contributed by atoms with Gasteiger partial charge in [-0.25, -0.2) is 9.78 Å². The molecule has 2 aromatic heterocycles. The maximum Gasteiger partial charge on any atom is 0.411 e. The summed E-state index contributed by atoms with van der Waals surface area (Å²) in [6.45, 7) is 23.2. The molecule has 4 rings (SSSR count). The fourth-order valence-electron chi connectivity index (χ4n) is 6.54. The zero-order chi connectivity index (χ0) is 30.7. The van der Waals surface area contributed by atoms with Crippen LogP contribution < -0.4 is 11.3 Å². The highest BCUT2D eigenvalue weighted by Gasteiger charge is 2.61. The van der Waals surface area contributed by atoms with Crippen molar-refractivity contribution in [2.75, 3.05) is 12.3 Å². The molecule has 3 atom stereocenters. The summed E-state index contributed by atoms with van der Waals surface area (Å²) < 4.78 is 27.6. The highest BCUT2D eigenvalue weighted by molar-refractivity contribution is 6.84. The van der Waals surface area contributed by atoms with Crippen LogP contribution in [0.3, 0.4) is 0 Å². The third kappa shape index (κ3) is 5.63. The second-order valence-electron chi connectivity index (χ2n) is 13.8. The highest BCUT2D eigenvalue weighted by Crippen LogP contribution is 2.50. The molecule has 0 unspecified atom stereocenters. The summed E-state index contributed by atoms with van der Waals surface area (Å²) in [4.78, 5) is 38.4. The number of hydrogen-bond donors (Lipinski definition) is 3. The number of nitrogens with two attached hydrogens (primary N) is 1. The zero-order valence-electron chi connectivity index (χ0n) is 26.5. The molecular weight excluding hydrogens is 559 g/mol. The Kier molecular flexibility index (Phi) is 8.62. The average Bonchev–Trinajstić information content (AvgIpc) is 3.38. The Labute approximate surface area is 245 Å². The third-order valence-electron chi connectivity index (χ3n) is 8.48. The van der Waals surface area contributed by atoms with E-state index in [9.17, 15) is 9.59 Å². The van der Waals surface area contributed by atoms with Crippen molar-refractivity contribution in [3.05, 3.63) is 22.1 Å². The number of hydrogen-bond acceptors (Lipinski definition) is 8. The van der Waals surface area contributed by atoms with Gasteiger partial charge >= 0.3 is 23.2 Å². The molecule has 11 nitrogen and oxygen atoms in total. The van der Waals surface area contributed by atoms with Crippen LogP contribution in [0.15, 0.2) is 11.0 Å². The summed E-state index contributed by atoms with van der Waals surface area (Å²) in [7, 11) is -5.73. The van der Waals surface area contributed by atoms with Crippen LogP contribution in [-0.2, 0) is 17.7 Å². The van der Waals surface area contributed by atoms with Gasteiger partial charge in [0.25, 0.3) is 5.56 Å². The molecule has 2 aliphatic heterocycles. The smallest absolute Gasteiger partial charge is 0.411 e. The quantitative estimate of drug-likeness (QED) is 0.360. The molecule has 0 saturated carbocycles. The lowest BCUT2D eigenvalue weighted by atomic mass is 10.1. The van der Waals surface area contributed by atoms with Crippen molar-refractivity contribution < 1.29 is 22.5 Å². The molecule has 0 aromatic carbocycles. The Morgan fingerprint density at radius 2 is 1.66 bits per heavy atom. The summed E-state index contributed by atoms with van der Waals surface area (Å²) in [5, 5.41) is 0. The van der Waals surface area contributed by atoms with Crippen molar-refractivity contribution in [3.8, 4) is 0 Å². The number of rotatable bonds is 5. The van der Waals surface area contributed by atoms with Crippen LogP contribution in [0, 0.1) is 0 Å². The van der Waals surface area contributed by atoms with Gasteiger partial charge in [0, 0.05) is 11.8 Å². The van der Waals surface area contributed by atoms with E-state index >= 15 is 0 Å². The maximum absolute atomic E-state index is 14.0. The van der Waals surface area contributed by atoms with Crippen LogP contribution in [0.5, 0.6) is 0 Å². The molecule has 2 saturated heterocycles. The summed E-state index contributed by atoms with van der Waals surface area (Å²) >= 11 is 0. The second kappa shape index (κ2) is 11.1. The number of amides is 1. The Hall–Kier alpha value is -2.20. The lowest BCUT2D eigenvalue weighted by Gasteiger charge is -2.51. The first-order valence-electron chi connectivity index (χ1n) is 14.8. The lowest BCUT2D eigenvalue weighted by Crippen LogP contribution is -2.66. The number of carbonyl (C=O) groups is 1. The van der Waals surface area contributed by atoms with Crippen LogP contribution >= 0.6 is 0 Å². The Balaban J connectivity index is 1.91. The minimum Gasteiger partial charge on any atom is -0.444 e. The maximum atomic E-state index is 14.0. The molecule has 0 spiro atoms. The zero-order valence-corrected chi connectivity index (χ0v) is 28.5. The predicted octanol–water partition coefficient (Wildman–Crippen LogP) is 5.84. The largest absolute Gasteiger partial charge is 0.444 e. The van der Waals surface area contributed by atoms with E-state index in [-0.39, 0.29) is 46.4 Å². The van der Waals surface area contributed by atoms with Crippen LogP contribution in [0.1, 0.15) is 94.2 Å². The number of H-pyrrole nitrogens is 2. The van der Waals surface area contributed by atoms with Crippen molar-refractivity contribution >= 4 is 40.2 Å². The number of nitrogen functional groups attached to an aromatic ring is 1. The fraction of sp³-hybridized carbons (Fsp3) is 0.750. The molecule has 2 aliphatic rings. The van der Waals surface area contributed by atoms with E-state index < -0.39 is 40.9 Å². The normalized spacial score (nSPS) is 24.8. The molecule has 0 radical (unpaired) electrons. The molecule has 0 bridgehead atoms. The molecule has 2 fully saturated rings. The van der Waals surface area contributed by atoms with E-state index in [1.54, 1.807) is 11.1 Å². The van der Waals surface area contributed by atoms with Gasteiger partial charge in [-0.2, -0.15) is 0 Å². The van der Waals surface area contributed by atoms with Crippen LogP contribution in [-0.4, -0.2) is 67.4 Å². The van der Waals surface area contributed by atoms with Gasteiger partial charge < -0.3 is 28.4 Å². The van der Waals surface area contributed by atoms with Crippen molar-refractivity contribution in [1.82, 2.24) is 19.9 Å². The minimum atomic E-state index is -2.90. The van der Waals surface area contributed by atoms with E-state index in [1.807, 2.05) is 20.8 Å². The summed E-state index contributed by atoms with van der Waals surface area (Å²) in [6.07, 6.45) is 1.39. The first-order valence-corrected chi connectivity index (χ1v) is 18.8. The van der Waals surface area contributed by atoms with E-state index in [2.05, 4.69) is 70.3 Å². The third-order valence-corrected chi connectivity index (χ3v) is 18.8. The molecule has 4 heterocycles. The Morgan fingerprint density at radius 3 is 2.20 bits per heavy atom. The minimum absolute atomic E-state index is 0.0138. The topological polar surface area (TPSA) is 145 Å². The van der Waals surface area contributed by atoms with Gasteiger partial charge in [-0.15, -0.1) is 0 Å². The van der Waals surface area contributed by atoms with E-state index in [0.717, 1.165) is 0 Å². The molecule has 13 heteroatoms. The van der Waals surface area contributed by atoms with Gasteiger partial charge in [0.1, 0.15) is 16.6 Å². The van der Waals surface area contributed by atoms with Crippen molar-refractivity contribution in [3.63, 3.8) is 0 Å². The van der Waals surface area contributed by atoms with Crippen molar-refractivity contribution in [2.45, 2.75) is 129 Å². The van der Waals surface area contributed by atoms with Crippen LogP contribution in [0.25, 0.3) is 11.0 Å². The van der Waals surface area contributed by atoms with Gasteiger partial charge in [-0.1, -0.05) is 55.4 Å². The SMILES string of the molecule is CC(C)[Si]1(C(C)C)OC[C@@H]2[C@H](C[C@H](c3c[nH]c4c(=O)[nH]c(N)nc34)N2C(=O)OC(C)(C)C)O[Si](C(C)C)(C(C)C)O1. The number of aromatic amines is 2. The lowest BCUT2D eigenvalue weighted by molar-refractivity contribution is -0.00928. The van der Waals surface area contributed by atoms with Crippen molar-refractivity contribution in [1.29, 1.82) is 0 Å². The number of carbonyl (C=O) groups excluding carboxylic acids is 1. The second-order valence-corrected chi connectivity index (χ2v) is 22.6. The Morgan fingerprint density at radius 1 is 1.07 bits per heavy atom. The standard InChI is InChI=1S/C28H49N5O6Si2/c1-15(2)40(16(3)4)36-14-21-22(38-41(39-40,17(5)6)18(7)8)12-20(33(21)27(35)37-28(9,10)11)19-13-30-24-23(19)31-26(29)32-25(24)34/h13,15-18,20-22,30H,12,14H2,1-11H3,(H3,29,31,32,34)/t20-,21-,22+/m1/s1. The number of nitrogens with one attached hydrogen (secondary N) is 2. The van der Waals surface area contributed by atoms with Gasteiger partial charge in [-0.05, 0) is 49.4 Å². The highest BCUT2D eigenvalue weighted by atomic mass is 28.5. The summed E-state index contributed by atoms with van der Waals surface area (Å²) in [5.74, 6) is 0.0138. The molecule has 0 aliphatic carbocycles. The predicted molar refractivity (Wildman–Crippen MR) is 164 cm³/mol. The average molecular weight is 608 g/mol. The number of fused-ring (bicyclic) bond motifs is 2. The molecule has 41 heavy (non-hydrogen) atoms. The van der Waals surface area contributed by atoms with Gasteiger partial charge in [0.05, 0.1) is 24.8 Å². The number of likely N-dealkylation sites (tertiary alicyclic amines) is 1. The van der Waals surface area contributed by atoms with Gasteiger partial charge in [0.15, 0.2) is 0 Å². The fourth-order valence-corrected chi connectivity index (χ4v) is 17.8. The Bertz CT molecular complexity index is 1300. The number of anilines is 1. The van der Waals surface area contributed by atoms with Gasteiger partial charge in [-0.3, -0.25) is 14.7 Å². The first-order chi connectivity index (χ1) is 18.9. The van der Waals surface area contributed by atoms with E-state index in [1.165, 1.54) is 0 Å². The molecule has 4 N–H and O–H groups in total. The number of aromatic nitrogens is 3. The summed E-state index contributed by atoms with van der Waals surface area (Å²) in [6, 6.07) is -0.902. The molecular formula is C28H49N5O6Si2. The molecule has 230 valence electrons. The number of nitrogens with zero attached hydrogens (tertiary/aromatic N) is 2.